The first-order chi connectivity index (χ1) is 29.2. The summed E-state index contributed by atoms with van der Waals surface area (Å²) in [6.07, 6.45) is 24.1. The van der Waals surface area contributed by atoms with Crippen LogP contribution in [0.15, 0.2) is 211 Å². The normalized spacial score (nSPS) is 16.8. The van der Waals surface area contributed by atoms with Crippen molar-refractivity contribution in [3.63, 3.8) is 0 Å². The van der Waals surface area contributed by atoms with Crippen LogP contribution >= 0.6 is 0 Å². The first kappa shape index (κ1) is 35.5. The lowest BCUT2D eigenvalue weighted by molar-refractivity contribution is 0.767. The van der Waals surface area contributed by atoms with E-state index in [1.807, 2.05) is 12.2 Å². The topological polar surface area (TPSA) is 3.24 Å². The van der Waals surface area contributed by atoms with Crippen LogP contribution in [0, 0.1) is 0 Å². The van der Waals surface area contributed by atoms with E-state index in [1.165, 1.54) is 101 Å². The molecule has 0 heterocycles. The van der Waals surface area contributed by atoms with Crippen molar-refractivity contribution in [2.24, 2.45) is 0 Å². The number of nitrogens with zero attached hydrogens (tertiary/aromatic N) is 1. The lowest BCUT2D eigenvalue weighted by atomic mass is 9.67. The van der Waals surface area contributed by atoms with Crippen LogP contribution in [0.3, 0.4) is 0 Å². The Balaban J connectivity index is 1.10. The van der Waals surface area contributed by atoms with Gasteiger partial charge in [0.1, 0.15) is 0 Å². The number of anilines is 2. The lowest BCUT2D eigenvalue weighted by Crippen LogP contribution is -2.29. The first-order valence-electron chi connectivity index (χ1n) is 21.4. The summed E-state index contributed by atoms with van der Waals surface area (Å²) in [5, 5.41) is 0. The quantitative estimate of drug-likeness (QED) is 0.140. The van der Waals surface area contributed by atoms with Gasteiger partial charge in [-0.05, 0) is 165 Å². The first-order valence-corrected chi connectivity index (χ1v) is 21.4. The lowest BCUT2D eigenvalue weighted by Gasteiger charge is -2.36. The van der Waals surface area contributed by atoms with Crippen molar-refractivity contribution in [3.8, 4) is 22.3 Å². The minimum absolute atomic E-state index is 0.472. The smallest absolute Gasteiger partial charge is 0.0714 e. The van der Waals surface area contributed by atoms with Crippen LogP contribution in [0.25, 0.3) is 27.8 Å². The molecule has 6 aromatic carbocycles. The number of fused-ring (bicyclic) bond motifs is 10. The number of allylic oxidation sites excluding steroid dienone is 13. The highest BCUT2D eigenvalue weighted by Gasteiger charge is 2.46. The van der Waals surface area contributed by atoms with E-state index in [-0.39, 0.29) is 0 Å². The average Bonchev–Trinajstić information content (AvgIpc) is 4.01. The highest BCUT2D eigenvalue weighted by Crippen LogP contribution is 2.57. The predicted octanol–water partition coefficient (Wildman–Crippen LogP) is 14.7. The van der Waals surface area contributed by atoms with Gasteiger partial charge >= 0.3 is 0 Å². The van der Waals surface area contributed by atoms with Crippen molar-refractivity contribution in [2.45, 2.75) is 50.9 Å². The third kappa shape index (κ3) is 5.52. The fraction of sp³-hybridized carbons (Fsp3) is 0.138. The molecule has 0 radical (unpaired) electrons. The molecule has 0 unspecified atom stereocenters. The molecular formula is C58H47N. The molecule has 5 aliphatic carbocycles. The molecule has 0 saturated carbocycles. The Labute approximate surface area is 349 Å². The van der Waals surface area contributed by atoms with Gasteiger partial charge in [-0.1, -0.05) is 158 Å². The predicted molar refractivity (Wildman–Crippen MR) is 248 cm³/mol. The maximum atomic E-state index is 3.92. The van der Waals surface area contributed by atoms with Crippen LogP contribution in [-0.4, -0.2) is 0 Å². The van der Waals surface area contributed by atoms with Gasteiger partial charge in [-0.15, -0.1) is 0 Å². The third-order valence-electron chi connectivity index (χ3n) is 13.6. The van der Waals surface area contributed by atoms with Gasteiger partial charge in [0, 0.05) is 17.1 Å². The second-order valence-electron chi connectivity index (χ2n) is 16.5. The SMILES string of the molecule is C=C/C=C\C(=C/C)C1=CC=C(N(c2cccc(C3(c4ccccc4)c4ccccc4-c4ccccc43)c2)c2ccc3c(c2)-c2ccc4c(c2C3)C2=CCC=C2CC4)CC1. The average molecular weight is 758 g/mol. The fourth-order valence-corrected chi connectivity index (χ4v) is 11.0. The summed E-state index contributed by atoms with van der Waals surface area (Å²) in [5.74, 6) is 0. The molecule has 11 rings (SSSR count). The van der Waals surface area contributed by atoms with E-state index in [1.54, 1.807) is 5.57 Å². The van der Waals surface area contributed by atoms with Gasteiger partial charge in [-0.2, -0.15) is 0 Å². The Morgan fingerprint density at radius 3 is 2.14 bits per heavy atom. The number of rotatable bonds is 8. The molecule has 0 aromatic heterocycles. The molecule has 6 aromatic rings. The van der Waals surface area contributed by atoms with Gasteiger partial charge in [0.05, 0.1) is 5.41 Å². The summed E-state index contributed by atoms with van der Waals surface area (Å²) < 4.78 is 0. The maximum Gasteiger partial charge on any atom is 0.0714 e. The van der Waals surface area contributed by atoms with Crippen LogP contribution in [0.2, 0.25) is 0 Å². The van der Waals surface area contributed by atoms with Crippen molar-refractivity contribution >= 4 is 16.9 Å². The Kier molecular flexibility index (Phi) is 8.59. The maximum absolute atomic E-state index is 3.92. The minimum atomic E-state index is -0.472. The van der Waals surface area contributed by atoms with E-state index in [0.717, 1.165) is 38.5 Å². The Morgan fingerprint density at radius 1 is 0.627 bits per heavy atom. The molecule has 0 aliphatic heterocycles. The van der Waals surface area contributed by atoms with E-state index in [0.29, 0.717) is 0 Å². The van der Waals surface area contributed by atoms with Gasteiger partial charge in [0.2, 0.25) is 0 Å². The van der Waals surface area contributed by atoms with Crippen molar-refractivity contribution < 1.29 is 0 Å². The highest BCUT2D eigenvalue weighted by molar-refractivity contribution is 5.93. The molecule has 0 N–H and O–H groups in total. The van der Waals surface area contributed by atoms with Gasteiger partial charge in [-0.3, -0.25) is 0 Å². The van der Waals surface area contributed by atoms with Gasteiger partial charge < -0.3 is 4.90 Å². The van der Waals surface area contributed by atoms with Gasteiger partial charge in [0.15, 0.2) is 0 Å². The number of benzene rings is 6. The molecule has 59 heavy (non-hydrogen) atoms. The molecule has 5 aliphatic rings. The van der Waals surface area contributed by atoms with E-state index in [9.17, 15) is 0 Å². The molecule has 0 bridgehead atoms. The standard InChI is InChI=1S/C58H47N/c1-3-5-15-39(4-2)40-28-32-46(33-29-40)59(48-34-30-43-36-54-50(53(43)38-48)35-31-42-27-26-41-16-13-23-49(41)57(42)54)47-20-14-19-45(37-47)58(44-17-7-6-8-18-44)55-24-11-9-21-51(55)52-22-10-12-25-56(52)58/h3-12,14-25,28,30-32,34-35,37-38H,1,13,26-27,29,33,36H2,2H3/b15-5-,39-4+. The zero-order valence-corrected chi connectivity index (χ0v) is 33.7. The van der Waals surface area contributed by atoms with Crippen LogP contribution in [-0.2, 0) is 18.3 Å². The molecule has 0 saturated heterocycles. The van der Waals surface area contributed by atoms with Crippen molar-refractivity contribution in [1.29, 1.82) is 0 Å². The Morgan fingerprint density at radius 2 is 1.37 bits per heavy atom. The highest BCUT2D eigenvalue weighted by atomic mass is 15.1. The largest absolute Gasteiger partial charge is 0.314 e. The van der Waals surface area contributed by atoms with E-state index in [2.05, 4.69) is 188 Å². The molecule has 284 valence electrons. The second kappa shape index (κ2) is 14.3. The number of aryl methyl sites for hydroxylation is 1. The second-order valence-corrected chi connectivity index (χ2v) is 16.5. The van der Waals surface area contributed by atoms with Crippen molar-refractivity contribution in [3.05, 3.63) is 256 Å². The van der Waals surface area contributed by atoms with Crippen molar-refractivity contribution in [2.75, 3.05) is 4.90 Å². The summed E-state index contributed by atoms with van der Waals surface area (Å²) in [6.45, 7) is 6.04. The summed E-state index contributed by atoms with van der Waals surface area (Å²) in [6, 6.07) is 50.8. The summed E-state index contributed by atoms with van der Waals surface area (Å²) >= 11 is 0. The van der Waals surface area contributed by atoms with Crippen LogP contribution < -0.4 is 4.90 Å². The van der Waals surface area contributed by atoms with E-state index < -0.39 is 5.41 Å². The van der Waals surface area contributed by atoms with Crippen LogP contribution in [0.4, 0.5) is 11.4 Å². The summed E-state index contributed by atoms with van der Waals surface area (Å²) in [4.78, 5) is 2.55. The molecule has 0 amide bonds. The number of hydrogen-bond donors (Lipinski definition) is 0. The molecule has 1 heteroatoms. The van der Waals surface area contributed by atoms with Gasteiger partial charge in [-0.25, -0.2) is 0 Å². The third-order valence-corrected chi connectivity index (χ3v) is 13.6. The molecule has 0 fully saturated rings. The van der Waals surface area contributed by atoms with E-state index in [4.69, 9.17) is 0 Å². The zero-order chi connectivity index (χ0) is 39.5. The number of hydrogen-bond acceptors (Lipinski definition) is 1. The summed E-state index contributed by atoms with van der Waals surface area (Å²) in [7, 11) is 0. The molecular weight excluding hydrogens is 711 g/mol. The molecule has 0 atom stereocenters. The zero-order valence-electron chi connectivity index (χ0n) is 33.7. The molecule has 1 nitrogen and oxygen atoms in total. The minimum Gasteiger partial charge on any atom is -0.314 e. The van der Waals surface area contributed by atoms with Crippen LogP contribution in [0.5, 0.6) is 0 Å². The Hall–Kier alpha value is -6.70. The van der Waals surface area contributed by atoms with E-state index >= 15 is 0 Å². The summed E-state index contributed by atoms with van der Waals surface area (Å²) in [5.41, 5.74) is 25.4. The monoisotopic (exact) mass is 757 g/mol. The van der Waals surface area contributed by atoms with Crippen molar-refractivity contribution in [1.82, 2.24) is 0 Å². The van der Waals surface area contributed by atoms with Gasteiger partial charge in [0.25, 0.3) is 0 Å². The fourth-order valence-electron chi connectivity index (χ4n) is 11.0. The molecule has 0 spiro atoms. The van der Waals surface area contributed by atoms with Crippen LogP contribution in [0.1, 0.15) is 77.1 Å². The Bertz CT molecular complexity index is 2860.